The third-order valence-electron chi connectivity index (χ3n) is 3.10. The lowest BCUT2D eigenvalue weighted by atomic mass is 9.86. The summed E-state index contributed by atoms with van der Waals surface area (Å²) in [5.74, 6) is 0.763. The number of hydrogen-bond donors (Lipinski definition) is 2. The van der Waals surface area contributed by atoms with E-state index in [1.807, 2.05) is 0 Å². The Morgan fingerprint density at radius 2 is 2.00 bits per heavy atom. The van der Waals surface area contributed by atoms with Crippen LogP contribution in [0.5, 0.6) is 0 Å². The van der Waals surface area contributed by atoms with Crippen LogP contribution < -0.4 is 11.1 Å². The highest BCUT2D eigenvalue weighted by Gasteiger charge is 2.21. The van der Waals surface area contributed by atoms with E-state index in [2.05, 4.69) is 26.1 Å². The molecule has 1 aliphatic carbocycles. The summed E-state index contributed by atoms with van der Waals surface area (Å²) < 4.78 is 0. The second-order valence-corrected chi connectivity index (χ2v) is 6.33. The number of nitrogens with two attached hydrogens (primary N) is 1. The quantitative estimate of drug-likeness (QED) is 0.821. The molecule has 0 aromatic carbocycles. The van der Waals surface area contributed by atoms with Gasteiger partial charge in [-0.15, -0.1) is 12.4 Å². The Bertz CT molecular complexity index is 238. The average Bonchev–Trinajstić information content (AvgIpc) is 2.12. The predicted molar refractivity (Wildman–Crippen MR) is 74.3 cm³/mol. The first-order valence-electron chi connectivity index (χ1n) is 6.39. The number of halogens is 1. The lowest BCUT2D eigenvalue weighted by molar-refractivity contribution is -0.123. The van der Waals surface area contributed by atoms with Gasteiger partial charge in [-0.3, -0.25) is 4.79 Å². The predicted octanol–water partition coefficient (Wildman–Crippen LogP) is 2.48. The topological polar surface area (TPSA) is 55.1 Å². The summed E-state index contributed by atoms with van der Waals surface area (Å²) in [5.41, 5.74) is 6.00. The maximum absolute atomic E-state index is 11.6. The summed E-state index contributed by atoms with van der Waals surface area (Å²) in [5, 5.41) is 3.03. The van der Waals surface area contributed by atoms with Gasteiger partial charge in [-0.1, -0.05) is 27.2 Å². The standard InChI is InChI=1S/C13H26N2O.ClH/c1-13(2,3)8-12(16)15-9-10-5-4-6-11(14)7-10;/h10-11H,4-9,14H2,1-3H3,(H,15,16);1H. The Labute approximate surface area is 111 Å². The number of carbonyl (C=O) groups is 1. The zero-order valence-electron chi connectivity index (χ0n) is 11.3. The molecule has 0 radical (unpaired) electrons. The Morgan fingerprint density at radius 3 is 2.53 bits per heavy atom. The van der Waals surface area contributed by atoms with Crippen LogP contribution in [0.1, 0.15) is 52.9 Å². The number of amides is 1. The van der Waals surface area contributed by atoms with Gasteiger partial charge in [0.2, 0.25) is 5.91 Å². The van der Waals surface area contributed by atoms with Crippen LogP contribution in [0.2, 0.25) is 0 Å². The molecule has 102 valence electrons. The van der Waals surface area contributed by atoms with Crippen LogP contribution in [0.4, 0.5) is 0 Å². The lowest BCUT2D eigenvalue weighted by Crippen LogP contribution is -2.36. The molecule has 0 heterocycles. The minimum Gasteiger partial charge on any atom is -0.356 e. The van der Waals surface area contributed by atoms with Crippen molar-refractivity contribution in [3.05, 3.63) is 0 Å². The largest absolute Gasteiger partial charge is 0.356 e. The molecule has 2 unspecified atom stereocenters. The summed E-state index contributed by atoms with van der Waals surface area (Å²) in [6, 6.07) is 0.346. The molecule has 3 N–H and O–H groups in total. The third-order valence-corrected chi connectivity index (χ3v) is 3.10. The summed E-state index contributed by atoms with van der Waals surface area (Å²) in [4.78, 5) is 11.6. The molecule has 4 heteroatoms. The first-order valence-corrected chi connectivity index (χ1v) is 6.39. The van der Waals surface area contributed by atoms with E-state index in [1.54, 1.807) is 0 Å². The molecule has 0 aromatic heterocycles. The minimum absolute atomic E-state index is 0. The fourth-order valence-corrected chi connectivity index (χ4v) is 2.32. The summed E-state index contributed by atoms with van der Waals surface area (Å²) in [7, 11) is 0. The van der Waals surface area contributed by atoms with Crippen molar-refractivity contribution in [1.29, 1.82) is 0 Å². The fraction of sp³-hybridized carbons (Fsp3) is 0.923. The number of nitrogens with one attached hydrogen (secondary N) is 1. The van der Waals surface area contributed by atoms with E-state index >= 15 is 0 Å². The SMILES string of the molecule is CC(C)(C)CC(=O)NCC1CCCC(N)C1.Cl. The fourth-order valence-electron chi connectivity index (χ4n) is 2.32. The minimum atomic E-state index is 0. The molecule has 1 aliphatic rings. The van der Waals surface area contributed by atoms with Crippen LogP contribution in [0, 0.1) is 11.3 Å². The maximum atomic E-state index is 11.6. The zero-order chi connectivity index (χ0) is 12.2. The van der Waals surface area contributed by atoms with Crippen molar-refractivity contribution in [2.45, 2.75) is 58.9 Å². The van der Waals surface area contributed by atoms with Gasteiger partial charge in [0.25, 0.3) is 0 Å². The highest BCUT2D eigenvalue weighted by Crippen LogP contribution is 2.23. The third kappa shape index (κ3) is 7.61. The number of carbonyl (C=O) groups excluding carboxylic acids is 1. The van der Waals surface area contributed by atoms with Crippen LogP contribution in [-0.4, -0.2) is 18.5 Å². The van der Waals surface area contributed by atoms with Crippen LogP contribution in [0.15, 0.2) is 0 Å². The maximum Gasteiger partial charge on any atom is 0.220 e. The molecule has 1 saturated carbocycles. The van der Waals surface area contributed by atoms with Crippen molar-refractivity contribution in [2.24, 2.45) is 17.1 Å². The molecule has 1 amide bonds. The average molecular weight is 263 g/mol. The summed E-state index contributed by atoms with van der Waals surface area (Å²) >= 11 is 0. The van der Waals surface area contributed by atoms with E-state index in [4.69, 9.17) is 5.73 Å². The van der Waals surface area contributed by atoms with Crippen molar-refractivity contribution < 1.29 is 4.79 Å². The highest BCUT2D eigenvalue weighted by molar-refractivity contribution is 5.85. The van der Waals surface area contributed by atoms with E-state index in [9.17, 15) is 4.79 Å². The van der Waals surface area contributed by atoms with Gasteiger partial charge in [-0.25, -0.2) is 0 Å². The molecule has 1 fully saturated rings. The Morgan fingerprint density at radius 1 is 1.35 bits per heavy atom. The van der Waals surface area contributed by atoms with Crippen molar-refractivity contribution in [1.82, 2.24) is 5.32 Å². The second kappa shape index (κ2) is 7.22. The van der Waals surface area contributed by atoms with Gasteiger partial charge < -0.3 is 11.1 Å². The molecule has 0 spiro atoms. The van der Waals surface area contributed by atoms with Gasteiger partial charge in [0, 0.05) is 19.0 Å². The van der Waals surface area contributed by atoms with E-state index < -0.39 is 0 Å². The van der Waals surface area contributed by atoms with Gasteiger partial charge in [0.1, 0.15) is 0 Å². The van der Waals surface area contributed by atoms with Gasteiger partial charge >= 0.3 is 0 Å². The molecule has 0 aromatic rings. The zero-order valence-corrected chi connectivity index (χ0v) is 12.1. The van der Waals surface area contributed by atoms with Crippen molar-refractivity contribution in [3.8, 4) is 0 Å². The first kappa shape index (κ1) is 16.7. The molecule has 1 rings (SSSR count). The number of rotatable bonds is 3. The Balaban J connectivity index is 0.00000256. The molecule has 0 saturated heterocycles. The molecule has 0 aliphatic heterocycles. The molecule has 0 bridgehead atoms. The summed E-state index contributed by atoms with van der Waals surface area (Å²) in [6.45, 7) is 7.07. The monoisotopic (exact) mass is 262 g/mol. The molecular weight excluding hydrogens is 236 g/mol. The molecule has 17 heavy (non-hydrogen) atoms. The summed E-state index contributed by atoms with van der Waals surface area (Å²) in [6.07, 6.45) is 5.23. The first-order chi connectivity index (χ1) is 7.37. The Kier molecular flexibility index (Phi) is 7.10. The van der Waals surface area contributed by atoms with E-state index in [1.165, 1.54) is 12.8 Å². The van der Waals surface area contributed by atoms with Crippen LogP contribution in [0.25, 0.3) is 0 Å². The Hall–Kier alpha value is -0.280. The van der Waals surface area contributed by atoms with Crippen molar-refractivity contribution in [3.63, 3.8) is 0 Å². The van der Waals surface area contributed by atoms with Crippen LogP contribution in [-0.2, 0) is 4.79 Å². The highest BCUT2D eigenvalue weighted by atomic mass is 35.5. The van der Waals surface area contributed by atoms with Gasteiger partial charge in [0.15, 0.2) is 0 Å². The number of hydrogen-bond acceptors (Lipinski definition) is 2. The van der Waals surface area contributed by atoms with Gasteiger partial charge in [-0.2, -0.15) is 0 Å². The van der Waals surface area contributed by atoms with E-state index in [0.29, 0.717) is 18.4 Å². The van der Waals surface area contributed by atoms with Gasteiger partial charge in [0.05, 0.1) is 0 Å². The molecule has 2 atom stereocenters. The normalized spacial score (nSPS) is 24.9. The second-order valence-electron chi connectivity index (χ2n) is 6.33. The van der Waals surface area contributed by atoms with Crippen molar-refractivity contribution >= 4 is 18.3 Å². The van der Waals surface area contributed by atoms with Crippen LogP contribution >= 0.6 is 12.4 Å². The molecular formula is C13H27ClN2O. The van der Waals surface area contributed by atoms with Gasteiger partial charge in [-0.05, 0) is 30.6 Å². The smallest absolute Gasteiger partial charge is 0.220 e. The van der Waals surface area contributed by atoms with E-state index in [-0.39, 0.29) is 23.7 Å². The van der Waals surface area contributed by atoms with E-state index in [0.717, 1.165) is 19.4 Å². The molecule has 3 nitrogen and oxygen atoms in total. The lowest BCUT2D eigenvalue weighted by Gasteiger charge is -2.27. The van der Waals surface area contributed by atoms with Crippen LogP contribution in [0.3, 0.4) is 0 Å². The van der Waals surface area contributed by atoms with Crippen molar-refractivity contribution in [2.75, 3.05) is 6.54 Å².